The average molecular weight is 373 g/mol. The third-order valence-corrected chi connectivity index (χ3v) is 5.75. The van der Waals surface area contributed by atoms with Gasteiger partial charge in [0.1, 0.15) is 0 Å². The molecule has 1 aromatic heterocycles. The standard InChI is InChI=1S/C20H25ClN4O/c1-14-5-9-25(10-6-14)20-22-18-13-24(8-7-17(18)19(26)23-20)12-15-3-2-4-16(21)11-15/h2-4,11,14H,5-10,12-13H2,1H3,(H,22,23,26). The maximum Gasteiger partial charge on any atom is 0.255 e. The summed E-state index contributed by atoms with van der Waals surface area (Å²) in [6.45, 7) is 6.62. The van der Waals surface area contributed by atoms with Crippen molar-refractivity contribution in [1.82, 2.24) is 14.9 Å². The van der Waals surface area contributed by atoms with E-state index >= 15 is 0 Å². The fraction of sp³-hybridized carbons (Fsp3) is 0.500. The second kappa shape index (κ2) is 7.41. The van der Waals surface area contributed by atoms with Gasteiger partial charge >= 0.3 is 0 Å². The summed E-state index contributed by atoms with van der Waals surface area (Å²) in [6.07, 6.45) is 3.05. The highest BCUT2D eigenvalue weighted by atomic mass is 35.5. The van der Waals surface area contributed by atoms with Gasteiger partial charge in [0, 0.05) is 43.3 Å². The van der Waals surface area contributed by atoms with E-state index in [1.54, 1.807) is 0 Å². The van der Waals surface area contributed by atoms with E-state index in [-0.39, 0.29) is 5.56 Å². The summed E-state index contributed by atoms with van der Waals surface area (Å²) in [5, 5.41) is 0.760. The minimum atomic E-state index is 0.0334. The molecule has 1 saturated heterocycles. The van der Waals surface area contributed by atoms with Gasteiger partial charge < -0.3 is 4.90 Å². The summed E-state index contributed by atoms with van der Waals surface area (Å²) in [6, 6.07) is 7.97. The van der Waals surface area contributed by atoms with Gasteiger partial charge in [-0.1, -0.05) is 30.7 Å². The van der Waals surface area contributed by atoms with Crippen LogP contribution in [0.25, 0.3) is 0 Å². The lowest BCUT2D eigenvalue weighted by atomic mass is 9.99. The Bertz CT molecular complexity index is 842. The lowest BCUT2D eigenvalue weighted by Crippen LogP contribution is -2.39. The zero-order chi connectivity index (χ0) is 18.1. The van der Waals surface area contributed by atoms with Crippen LogP contribution in [0, 0.1) is 5.92 Å². The molecular weight excluding hydrogens is 348 g/mol. The Morgan fingerprint density at radius 3 is 2.85 bits per heavy atom. The Balaban J connectivity index is 1.53. The molecule has 2 aliphatic rings. The van der Waals surface area contributed by atoms with Crippen LogP contribution in [0.1, 0.15) is 36.6 Å². The lowest BCUT2D eigenvalue weighted by Gasteiger charge is -2.32. The number of aromatic amines is 1. The van der Waals surface area contributed by atoms with Crippen LogP contribution in [0.3, 0.4) is 0 Å². The molecule has 3 heterocycles. The number of anilines is 1. The average Bonchev–Trinajstić information content (AvgIpc) is 2.62. The quantitative estimate of drug-likeness (QED) is 0.898. The normalized spacial score (nSPS) is 18.8. The van der Waals surface area contributed by atoms with Crippen molar-refractivity contribution in [3.63, 3.8) is 0 Å². The first-order valence-corrected chi connectivity index (χ1v) is 9.80. The van der Waals surface area contributed by atoms with Crippen molar-refractivity contribution >= 4 is 17.5 Å². The van der Waals surface area contributed by atoms with E-state index in [2.05, 4.69) is 27.8 Å². The topological polar surface area (TPSA) is 52.2 Å². The molecule has 0 saturated carbocycles. The fourth-order valence-electron chi connectivity index (χ4n) is 3.88. The SMILES string of the molecule is CC1CCN(c2nc3c(c(=O)[nH]2)CCN(Cc2cccc(Cl)c2)C3)CC1. The van der Waals surface area contributed by atoms with Gasteiger partial charge in [-0.05, 0) is 42.9 Å². The predicted molar refractivity (Wildman–Crippen MR) is 105 cm³/mol. The van der Waals surface area contributed by atoms with E-state index in [1.165, 1.54) is 5.56 Å². The largest absolute Gasteiger partial charge is 0.342 e. The maximum atomic E-state index is 12.5. The summed E-state index contributed by atoms with van der Waals surface area (Å²) < 4.78 is 0. The third-order valence-electron chi connectivity index (χ3n) is 5.52. The summed E-state index contributed by atoms with van der Waals surface area (Å²) in [5.74, 6) is 1.49. The van der Waals surface area contributed by atoms with Crippen LogP contribution in [-0.2, 0) is 19.5 Å². The van der Waals surface area contributed by atoms with Crippen molar-refractivity contribution < 1.29 is 0 Å². The number of hydrogen-bond donors (Lipinski definition) is 1. The van der Waals surface area contributed by atoms with Crippen molar-refractivity contribution in [1.29, 1.82) is 0 Å². The number of halogens is 1. The zero-order valence-corrected chi connectivity index (χ0v) is 15.9. The Hall–Kier alpha value is -1.85. The molecule has 0 radical (unpaired) electrons. The van der Waals surface area contributed by atoms with Crippen LogP contribution in [0.5, 0.6) is 0 Å². The van der Waals surface area contributed by atoms with Crippen molar-refractivity contribution in [2.75, 3.05) is 24.5 Å². The molecule has 1 fully saturated rings. The van der Waals surface area contributed by atoms with Gasteiger partial charge in [-0.2, -0.15) is 0 Å². The number of nitrogens with zero attached hydrogens (tertiary/aromatic N) is 3. The molecule has 1 N–H and O–H groups in total. The molecular formula is C20H25ClN4O. The van der Waals surface area contributed by atoms with Crippen LogP contribution in [0.2, 0.25) is 5.02 Å². The molecule has 0 atom stereocenters. The molecule has 0 aliphatic carbocycles. The van der Waals surface area contributed by atoms with Gasteiger partial charge in [-0.25, -0.2) is 4.98 Å². The minimum Gasteiger partial charge on any atom is -0.342 e. The van der Waals surface area contributed by atoms with Gasteiger partial charge in [0.2, 0.25) is 5.95 Å². The molecule has 6 heteroatoms. The molecule has 5 nitrogen and oxygen atoms in total. The highest BCUT2D eigenvalue weighted by molar-refractivity contribution is 6.30. The number of H-pyrrole nitrogens is 1. The number of piperidine rings is 1. The van der Waals surface area contributed by atoms with Crippen molar-refractivity contribution in [2.45, 2.75) is 39.3 Å². The maximum absolute atomic E-state index is 12.5. The lowest BCUT2D eigenvalue weighted by molar-refractivity contribution is 0.240. The summed E-state index contributed by atoms with van der Waals surface area (Å²) in [4.78, 5) is 24.9. The van der Waals surface area contributed by atoms with E-state index in [1.807, 2.05) is 18.2 Å². The van der Waals surface area contributed by atoms with Crippen LogP contribution in [0.15, 0.2) is 29.1 Å². The van der Waals surface area contributed by atoms with E-state index in [0.29, 0.717) is 6.54 Å². The Kier molecular flexibility index (Phi) is 5.00. The number of rotatable bonds is 3. The summed E-state index contributed by atoms with van der Waals surface area (Å²) in [5.41, 5.74) is 3.00. The van der Waals surface area contributed by atoms with Gasteiger partial charge in [0.15, 0.2) is 0 Å². The van der Waals surface area contributed by atoms with Crippen molar-refractivity contribution in [2.24, 2.45) is 5.92 Å². The van der Waals surface area contributed by atoms with E-state index in [9.17, 15) is 4.79 Å². The Morgan fingerprint density at radius 2 is 2.08 bits per heavy atom. The van der Waals surface area contributed by atoms with E-state index in [0.717, 1.165) is 73.6 Å². The fourth-order valence-corrected chi connectivity index (χ4v) is 4.09. The summed E-state index contributed by atoms with van der Waals surface area (Å²) in [7, 11) is 0. The van der Waals surface area contributed by atoms with Crippen LogP contribution in [0.4, 0.5) is 5.95 Å². The van der Waals surface area contributed by atoms with Crippen molar-refractivity contribution in [3.05, 3.63) is 56.5 Å². The molecule has 0 spiro atoms. The number of nitrogens with one attached hydrogen (secondary N) is 1. The monoisotopic (exact) mass is 372 g/mol. The predicted octanol–water partition coefficient (Wildman–Crippen LogP) is 3.22. The molecule has 2 aliphatic heterocycles. The number of aromatic nitrogens is 2. The smallest absolute Gasteiger partial charge is 0.255 e. The highest BCUT2D eigenvalue weighted by Gasteiger charge is 2.24. The number of benzene rings is 1. The molecule has 0 unspecified atom stereocenters. The third kappa shape index (κ3) is 3.79. The molecule has 138 valence electrons. The van der Waals surface area contributed by atoms with E-state index < -0.39 is 0 Å². The number of hydrogen-bond acceptors (Lipinski definition) is 4. The highest BCUT2D eigenvalue weighted by Crippen LogP contribution is 2.22. The van der Waals surface area contributed by atoms with E-state index in [4.69, 9.17) is 16.6 Å². The number of fused-ring (bicyclic) bond motifs is 1. The molecule has 0 bridgehead atoms. The molecule has 2 aromatic rings. The molecule has 0 amide bonds. The first-order valence-electron chi connectivity index (χ1n) is 9.42. The summed E-state index contributed by atoms with van der Waals surface area (Å²) >= 11 is 6.10. The van der Waals surface area contributed by atoms with Crippen LogP contribution >= 0.6 is 11.6 Å². The van der Waals surface area contributed by atoms with Gasteiger partial charge in [0.05, 0.1) is 5.69 Å². The Labute approximate surface area is 159 Å². The minimum absolute atomic E-state index is 0.0334. The molecule has 1 aromatic carbocycles. The zero-order valence-electron chi connectivity index (χ0n) is 15.2. The van der Waals surface area contributed by atoms with Gasteiger partial charge in [-0.3, -0.25) is 14.7 Å². The molecule has 26 heavy (non-hydrogen) atoms. The van der Waals surface area contributed by atoms with Gasteiger partial charge in [-0.15, -0.1) is 0 Å². The molecule has 4 rings (SSSR count). The first kappa shape index (κ1) is 17.6. The first-order chi connectivity index (χ1) is 12.6. The second-order valence-corrected chi connectivity index (χ2v) is 8.01. The van der Waals surface area contributed by atoms with Crippen LogP contribution < -0.4 is 10.5 Å². The van der Waals surface area contributed by atoms with Gasteiger partial charge in [0.25, 0.3) is 5.56 Å². The second-order valence-electron chi connectivity index (χ2n) is 7.57. The van der Waals surface area contributed by atoms with Crippen molar-refractivity contribution in [3.8, 4) is 0 Å². The van der Waals surface area contributed by atoms with Crippen LogP contribution in [-0.4, -0.2) is 34.5 Å². The Morgan fingerprint density at radius 1 is 1.27 bits per heavy atom.